The first kappa shape index (κ1) is 16.2. The Morgan fingerprint density at radius 2 is 2.24 bits per heavy atom. The number of nitrogens with two attached hydrogens (primary N) is 1. The molecule has 0 saturated carbocycles. The first-order valence-corrected chi connectivity index (χ1v) is 8.39. The fourth-order valence-electron chi connectivity index (χ4n) is 2.39. The minimum atomic E-state index is -3.58. The Labute approximate surface area is 125 Å². The molecule has 1 unspecified atom stereocenters. The molecular weight excluding hydrogens is 292 g/mol. The van der Waals surface area contributed by atoms with Crippen molar-refractivity contribution in [2.75, 3.05) is 20.3 Å². The van der Waals surface area contributed by atoms with Gasteiger partial charge in [0.05, 0.1) is 17.6 Å². The van der Waals surface area contributed by atoms with Gasteiger partial charge in [-0.25, -0.2) is 13.1 Å². The smallest absolute Gasteiger partial charge is 0.240 e. The molecule has 0 amide bonds. The summed E-state index contributed by atoms with van der Waals surface area (Å²) in [6, 6.07) is 4.67. The Morgan fingerprint density at radius 3 is 2.81 bits per heavy atom. The molecule has 1 aliphatic heterocycles. The predicted molar refractivity (Wildman–Crippen MR) is 79.7 cm³/mol. The van der Waals surface area contributed by atoms with Crippen LogP contribution in [0.1, 0.15) is 25.3 Å². The largest absolute Gasteiger partial charge is 0.496 e. The van der Waals surface area contributed by atoms with Crippen molar-refractivity contribution in [3.8, 4) is 5.75 Å². The van der Waals surface area contributed by atoms with Gasteiger partial charge in [-0.15, -0.1) is 0 Å². The van der Waals surface area contributed by atoms with E-state index in [9.17, 15) is 8.42 Å². The van der Waals surface area contributed by atoms with Crippen molar-refractivity contribution in [2.24, 2.45) is 5.73 Å². The summed E-state index contributed by atoms with van der Waals surface area (Å²) in [6.07, 6.45) is 1.81. The van der Waals surface area contributed by atoms with Gasteiger partial charge in [0.15, 0.2) is 0 Å². The maximum Gasteiger partial charge on any atom is 0.240 e. The summed E-state index contributed by atoms with van der Waals surface area (Å²) < 4.78 is 38.0. The SMILES string of the molecule is COc1ccc(S(=O)(=O)NCC2(C)CCCO2)cc1CN. The molecule has 1 fully saturated rings. The molecule has 2 rings (SSSR count). The molecule has 0 spiro atoms. The van der Waals surface area contributed by atoms with E-state index in [1.165, 1.54) is 13.2 Å². The lowest BCUT2D eigenvalue weighted by atomic mass is 10.0. The second-order valence-corrected chi connectivity index (χ2v) is 7.17. The fraction of sp³-hybridized carbons (Fsp3) is 0.571. The van der Waals surface area contributed by atoms with E-state index in [0.717, 1.165) is 12.8 Å². The minimum Gasteiger partial charge on any atom is -0.496 e. The molecule has 6 nitrogen and oxygen atoms in total. The zero-order chi connectivity index (χ0) is 15.5. The summed E-state index contributed by atoms with van der Waals surface area (Å²) in [7, 11) is -2.06. The van der Waals surface area contributed by atoms with E-state index in [1.54, 1.807) is 12.1 Å². The molecule has 1 saturated heterocycles. The lowest BCUT2D eigenvalue weighted by Gasteiger charge is -2.23. The quantitative estimate of drug-likeness (QED) is 0.817. The summed E-state index contributed by atoms with van der Waals surface area (Å²) in [4.78, 5) is 0.186. The third kappa shape index (κ3) is 3.74. The van der Waals surface area contributed by atoms with Crippen LogP contribution in [0.25, 0.3) is 0 Å². The van der Waals surface area contributed by atoms with E-state index in [0.29, 0.717) is 17.9 Å². The number of rotatable bonds is 6. The Kier molecular flexibility index (Phi) is 4.88. The summed E-state index contributed by atoms with van der Waals surface area (Å²) in [5, 5.41) is 0. The second-order valence-electron chi connectivity index (χ2n) is 5.40. The van der Waals surface area contributed by atoms with E-state index in [4.69, 9.17) is 15.2 Å². The first-order valence-electron chi connectivity index (χ1n) is 6.91. The van der Waals surface area contributed by atoms with Gasteiger partial charge in [0, 0.05) is 25.3 Å². The fourth-order valence-corrected chi connectivity index (χ4v) is 3.60. The van der Waals surface area contributed by atoms with Gasteiger partial charge in [0.1, 0.15) is 5.75 Å². The second kappa shape index (κ2) is 6.31. The van der Waals surface area contributed by atoms with Crippen LogP contribution < -0.4 is 15.2 Å². The van der Waals surface area contributed by atoms with Crippen molar-refractivity contribution < 1.29 is 17.9 Å². The summed E-state index contributed by atoms with van der Waals surface area (Å²) in [5.41, 5.74) is 5.85. The summed E-state index contributed by atoms with van der Waals surface area (Å²) >= 11 is 0. The van der Waals surface area contributed by atoms with Crippen LogP contribution in [0.3, 0.4) is 0 Å². The van der Waals surface area contributed by atoms with Crippen LogP contribution >= 0.6 is 0 Å². The Hall–Kier alpha value is -1.15. The number of sulfonamides is 1. The third-order valence-electron chi connectivity index (χ3n) is 3.72. The van der Waals surface area contributed by atoms with Gasteiger partial charge in [-0.1, -0.05) is 0 Å². The highest BCUT2D eigenvalue weighted by atomic mass is 32.2. The van der Waals surface area contributed by atoms with Crippen molar-refractivity contribution in [3.63, 3.8) is 0 Å². The van der Waals surface area contributed by atoms with Gasteiger partial charge >= 0.3 is 0 Å². The number of hydrogen-bond donors (Lipinski definition) is 2. The van der Waals surface area contributed by atoms with Crippen LogP contribution in [0.4, 0.5) is 0 Å². The highest BCUT2D eigenvalue weighted by Gasteiger charge is 2.31. The molecular formula is C14H22N2O4S. The van der Waals surface area contributed by atoms with Crippen LogP contribution in [0, 0.1) is 0 Å². The highest BCUT2D eigenvalue weighted by molar-refractivity contribution is 7.89. The normalized spacial score (nSPS) is 22.4. The predicted octanol–water partition coefficient (Wildman–Crippen LogP) is 1.00. The first-order chi connectivity index (χ1) is 9.90. The van der Waals surface area contributed by atoms with Crippen LogP contribution in [0.15, 0.2) is 23.1 Å². The molecule has 0 radical (unpaired) electrons. The number of benzene rings is 1. The van der Waals surface area contributed by atoms with Gasteiger partial charge in [0.2, 0.25) is 10.0 Å². The van der Waals surface area contributed by atoms with E-state index in [2.05, 4.69) is 4.72 Å². The third-order valence-corrected chi connectivity index (χ3v) is 5.12. The molecule has 0 aliphatic carbocycles. The van der Waals surface area contributed by atoms with Crippen molar-refractivity contribution in [2.45, 2.75) is 36.8 Å². The van der Waals surface area contributed by atoms with Crippen molar-refractivity contribution in [1.82, 2.24) is 4.72 Å². The molecule has 0 bridgehead atoms. The highest BCUT2D eigenvalue weighted by Crippen LogP contribution is 2.25. The number of ether oxygens (including phenoxy) is 2. The molecule has 1 aromatic rings. The van der Waals surface area contributed by atoms with Gasteiger partial charge in [-0.3, -0.25) is 0 Å². The average Bonchev–Trinajstić information content (AvgIpc) is 2.92. The number of hydrogen-bond acceptors (Lipinski definition) is 5. The van der Waals surface area contributed by atoms with E-state index < -0.39 is 15.6 Å². The molecule has 118 valence electrons. The van der Waals surface area contributed by atoms with Gasteiger partial charge < -0.3 is 15.2 Å². The monoisotopic (exact) mass is 314 g/mol. The molecule has 1 atom stereocenters. The van der Waals surface area contributed by atoms with Crippen LogP contribution in [0.2, 0.25) is 0 Å². The lowest BCUT2D eigenvalue weighted by molar-refractivity contribution is 0.0250. The van der Waals surface area contributed by atoms with Crippen LogP contribution in [-0.4, -0.2) is 34.3 Å². The van der Waals surface area contributed by atoms with Crippen LogP contribution in [-0.2, 0) is 21.3 Å². The molecule has 1 aliphatic rings. The van der Waals surface area contributed by atoms with Gasteiger partial charge in [-0.05, 0) is 38.0 Å². The summed E-state index contributed by atoms with van der Waals surface area (Å²) in [6.45, 7) is 3.08. The van der Waals surface area contributed by atoms with Crippen molar-refractivity contribution in [1.29, 1.82) is 0 Å². The molecule has 0 aromatic heterocycles. The molecule has 1 heterocycles. The topological polar surface area (TPSA) is 90.7 Å². The Balaban J connectivity index is 2.15. The van der Waals surface area contributed by atoms with Crippen molar-refractivity contribution in [3.05, 3.63) is 23.8 Å². The minimum absolute atomic E-state index is 0.186. The average molecular weight is 314 g/mol. The van der Waals surface area contributed by atoms with Crippen molar-refractivity contribution >= 4 is 10.0 Å². The van der Waals surface area contributed by atoms with Crippen LogP contribution in [0.5, 0.6) is 5.75 Å². The molecule has 21 heavy (non-hydrogen) atoms. The Bertz CT molecular complexity index is 595. The standard InChI is InChI=1S/C14H22N2O4S/c1-14(6-3-7-20-14)10-16-21(17,18)12-4-5-13(19-2)11(8-12)9-15/h4-5,8,16H,3,6-7,9-10,15H2,1-2H3. The lowest BCUT2D eigenvalue weighted by Crippen LogP contribution is -2.40. The molecule has 7 heteroatoms. The molecule has 1 aromatic carbocycles. The van der Waals surface area contributed by atoms with Gasteiger partial charge in [-0.2, -0.15) is 0 Å². The maximum absolute atomic E-state index is 12.4. The number of methoxy groups -OCH3 is 1. The van der Waals surface area contributed by atoms with E-state index in [1.807, 2.05) is 6.92 Å². The summed E-state index contributed by atoms with van der Waals surface area (Å²) in [5.74, 6) is 0.586. The van der Waals surface area contributed by atoms with Gasteiger partial charge in [0.25, 0.3) is 0 Å². The zero-order valence-electron chi connectivity index (χ0n) is 12.4. The van der Waals surface area contributed by atoms with E-state index in [-0.39, 0.29) is 18.0 Å². The molecule has 3 N–H and O–H groups in total. The van der Waals surface area contributed by atoms with E-state index >= 15 is 0 Å². The Morgan fingerprint density at radius 1 is 1.48 bits per heavy atom. The maximum atomic E-state index is 12.4. The number of nitrogens with one attached hydrogen (secondary N) is 1. The zero-order valence-corrected chi connectivity index (χ0v) is 13.2.